The molecule has 2 aromatic rings. The summed E-state index contributed by atoms with van der Waals surface area (Å²) in [4.78, 5) is 3.63. The molecule has 0 saturated carbocycles. The smallest absolute Gasteiger partial charge is 0.0461 e. The SMILES string of the molecule is CC(C)(C)c1cccc2[nH]c3c(c12)CCCC3. The molecule has 1 aliphatic rings. The molecular formula is C16H21N. The van der Waals surface area contributed by atoms with Gasteiger partial charge in [0, 0.05) is 16.6 Å². The van der Waals surface area contributed by atoms with Crippen LogP contribution in [0.4, 0.5) is 0 Å². The standard InChI is InChI=1S/C16H21N/c1-16(2,3)12-8-6-10-14-15(12)11-7-4-5-9-13(11)17-14/h6,8,10,17H,4-5,7,9H2,1-3H3. The van der Waals surface area contributed by atoms with E-state index in [1.807, 2.05) is 0 Å². The van der Waals surface area contributed by atoms with E-state index in [0.29, 0.717) is 0 Å². The summed E-state index contributed by atoms with van der Waals surface area (Å²) in [7, 11) is 0. The van der Waals surface area contributed by atoms with Crippen LogP contribution in [-0.4, -0.2) is 4.98 Å². The van der Waals surface area contributed by atoms with E-state index in [4.69, 9.17) is 0 Å². The minimum absolute atomic E-state index is 0.229. The first-order valence-corrected chi connectivity index (χ1v) is 6.70. The van der Waals surface area contributed by atoms with E-state index in [2.05, 4.69) is 44.0 Å². The number of hydrogen-bond acceptors (Lipinski definition) is 0. The van der Waals surface area contributed by atoms with Crippen molar-refractivity contribution in [3.05, 3.63) is 35.0 Å². The Bertz CT molecular complexity index is 555. The molecule has 1 N–H and O–H groups in total. The van der Waals surface area contributed by atoms with E-state index >= 15 is 0 Å². The molecule has 3 rings (SSSR count). The number of H-pyrrole nitrogens is 1. The average molecular weight is 227 g/mol. The molecule has 1 aliphatic carbocycles. The summed E-state index contributed by atoms with van der Waals surface area (Å²) in [6.45, 7) is 6.93. The van der Waals surface area contributed by atoms with Crippen LogP contribution in [0.5, 0.6) is 0 Å². The van der Waals surface area contributed by atoms with Gasteiger partial charge in [0.1, 0.15) is 0 Å². The summed E-state index contributed by atoms with van der Waals surface area (Å²) < 4.78 is 0. The molecule has 0 atom stereocenters. The number of benzene rings is 1. The molecule has 0 radical (unpaired) electrons. The minimum Gasteiger partial charge on any atom is -0.358 e. The zero-order valence-electron chi connectivity index (χ0n) is 11.1. The maximum Gasteiger partial charge on any atom is 0.0461 e. The van der Waals surface area contributed by atoms with Crippen molar-refractivity contribution in [1.29, 1.82) is 0 Å². The Kier molecular flexibility index (Phi) is 2.32. The molecule has 1 heterocycles. The summed E-state index contributed by atoms with van der Waals surface area (Å²) >= 11 is 0. The number of aromatic amines is 1. The van der Waals surface area contributed by atoms with Crippen LogP contribution in [0, 0.1) is 0 Å². The number of nitrogens with one attached hydrogen (secondary N) is 1. The third kappa shape index (κ3) is 1.69. The van der Waals surface area contributed by atoms with E-state index in [1.54, 1.807) is 5.56 Å². The Morgan fingerprint density at radius 3 is 2.59 bits per heavy atom. The first-order valence-electron chi connectivity index (χ1n) is 6.70. The number of aromatic nitrogens is 1. The maximum absolute atomic E-state index is 3.63. The number of aryl methyl sites for hydroxylation is 2. The van der Waals surface area contributed by atoms with Gasteiger partial charge >= 0.3 is 0 Å². The number of fused-ring (bicyclic) bond motifs is 3. The fraction of sp³-hybridized carbons (Fsp3) is 0.500. The lowest BCUT2D eigenvalue weighted by molar-refractivity contribution is 0.595. The van der Waals surface area contributed by atoms with E-state index in [9.17, 15) is 0 Å². The van der Waals surface area contributed by atoms with Crippen LogP contribution in [0.15, 0.2) is 18.2 Å². The predicted octanol–water partition coefficient (Wildman–Crippen LogP) is 4.34. The minimum atomic E-state index is 0.229. The normalized spacial score (nSPS) is 16.2. The highest BCUT2D eigenvalue weighted by Gasteiger charge is 2.22. The highest BCUT2D eigenvalue weighted by molar-refractivity contribution is 5.89. The van der Waals surface area contributed by atoms with E-state index in [-0.39, 0.29) is 5.41 Å². The predicted molar refractivity (Wildman–Crippen MR) is 73.6 cm³/mol. The highest BCUT2D eigenvalue weighted by Crippen LogP contribution is 2.36. The van der Waals surface area contributed by atoms with Gasteiger partial charge in [-0.25, -0.2) is 0 Å². The molecular weight excluding hydrogens is 206 g/mol. The fourth-order valence-corrected chi connectivity index (χ4v) is 3.09. The van der Waals surface area contributed by atoms with Crippen molar-refractivity contribution < 1.29 is 0 Å². The van der Waals surface area contributed by atoms with Gasteiger partial charge in [-0.3, -0.25) is 0 Å². The molecule has 1 nitrogen and oxygen atoms in total. The molecule has 0 saturated heterocycles. The molecule has 1 aromatic carbocycles. The third-order valence-electron chi connectivity index (χ3n) is 3.93. The van der Waals surface area contributed by atoms with Gasteiger partial charge in [-0.2, -0.15) is 0 Å². The van der Waals surface area contributed by atoms with Gasteiger partial charge in [-0.15, -0.1) is 0 Å². The van der Waals surface area contributed by atoms with Crippen LogP contribution in [0.25, 0.3) is 10.9 Å². The molecule has 0 bridgehead atoms. The second-order valence-corrected chi connectivity index (χ2v) is 6.27. The molecule has 0 amide bonds. The largest absolute Gasteiger partial charge is 0.358 e. The Morgan fingerprint density at radius 1 is 1.06 bits per heavy atom. The Labute approximate surface area is 103 Å². The van der Waals surface area contributed by atoms with Crippen molar-refractivity contribution >= 4 is 10.9 Å². The van der Waals surface area contributed by atoms with Crippen molar-refractivity contribution in [1.82, 2.24) is 4.98 Å². The maximum atomic E-state index is 3.63. The lowest BCUT2D eigenvalue weighted by Crippen LogP contribution is -2.12. The topological polar surface area (TPSA) is 15.8 Å². The van der Waals surface area contributed by atoms with Crippen molar-refractivity contribution in [2.75, 3.05) is 0 Å². The van der Waals surface area contributed by atoms with Gasteiger partial charge in [-0.05, 0) is 48.3 Å². The van der Waals surface area contributed by atoms with Gasteiger partial charge in [0.2, 0.25) is 0 Å². The summed E-state index contributed by atoms with van der Waals surface area (Å²) in [5.41, 5.74) is 6.14. The molecule has 17 heavy (non-hydrogen) atoms. The van der Waals surface area contributed by atoms with Gasteiger partial charge in [-0.1, -0.05) is 32.9 Å². The zero-order chi connectivity index (χ0) is 12.0. The lowest BCUT2D eigenvalue weighted by atomic mass is 9.82. The molecule has 0 fully saturated rings. The first kappa shape index (κ1) is 10.9. The van der Waals surface area contributed by atoms with Crippen molar-refractivity contribution in [3.8, 4) is 0 Å². The Hall–Kier alpha value is -1.24. The van der Waals surface area contributed by atoms with Gasteiger partial charge in [0.15, 0.2) is 0 Å². The summed E-state index contributed by atoms with van der Waals surface area (Å²) in [6.07, 6.45) is 5.17. The first-order chi connectivity index (χ1) is 8.07. The van der Waals surface area contributed by atoms with Crippen LogP contribution in [0.2, 0.25) is 0 Å². The quantitative estimate of drug-likeness (QED) is 0.689. The van der Waals surface area contributed by atoms with Crippen LogP contribution in [-0.2, 0) is 18.3 Å². The molecule has 0 unspecified atom stereocenters. The molecule has 0 aliphatic heterocycles. The second-order valence-electron chi connectivity index (χ2n) is 6.27. The Balaban J connectivity index is 2.33. The highest BCUT2D eigenvalue weighted by atomic mass is 14.7. The van der Waals surface area contributed by atoms with E-state index < -0.39 is 0 Å². The van der Waals surface area contributed by atoms with E-state index in [0.717, 1.165) is 0 Å². The molecule has 0 spiro atoms. The average Bonchev–Trinajstić information content (AvgIpc) is 2.65. The third-order valence-corrected chi connectivity index (χ3v) is 3.93. The van der Waals surface area contributed by atoms with Gasteiger partial charge in [0.25, 0.3) is 0 Å². The summed E-state index contributed by atoms with van der Waals surface area (Å²) in [5, 5.41) is 1.51. The van der Waals surface area contributed by atoms with Gasteiger partial charge in [0.05, 0.1) is 0 Å². The monoisotopic (exact) mass is 227 g/mol. The molecule has 1 heteroatoms. The van der Waals surface area contributed by atoms with Crippen molar-refractivity contribution in [2.24, 2.45) is 0 Å². The van der Waals surface area contributed by atoms with Gasteiger partial charge < -0.3 is 4.98 Å². The number of rotatable bonds is 0. The van der Waals surface area contributed by atoms with Crippen molar-refractivity contribution in [3.63, 3.8) is 0 Å². The van der Waals surface area contributed by atoms with E-state index in [1.165, 1.54) is 47.8 Å². The van der Waals surface area contributed by atoms with Crippen LogP contribution < -0.4 is 0 Å². The lowest BCUT2D eigenvalue weighted by Gasteiger charge is -2.21. The second kappa shape index (κ2) is 3.63. The number of hydrogen-bond donors (Lipinski definition) is 1. The summed E-state index contributed by atoms with van der Waals surface area (Å²) in [6, 6.07) is 6.71. The van der Waals surface area contributed by atoms with Crippen LogP contribution >= 0.6 is 0 Å². The van der Waals surface area contributed by atoms with Crippen LogP contribution in [0.1, 0.15) is 50.4 Å². The molecule has 1 aromatic heterocycles. The van der Waals surface area contributed by atoms with Crippen molar-refractivity contribution in [2.45, 2.75) is 51.9 Å². The van der Waals surface area contributed by atoms with Crippen LogP contribution in [0.3, 0.4) is 0 Å². The zero-order valence-corrected chi connectivity index (χ0v) is 11.1. The summed E-state index contributed by atoms with van der Waals surface area (Å²) in [5.74, 6) is 0. The molecule has 90 valence electrons. The Morgan fingerprint density at radius 2 is 1.82 bits per heavy atom. The fourth-order valence-electron chi connectivity index (χ4n) is 3.09.